The van der Waals surface area contributed by atoms with Gasteiger partial charge in [0.05, 0.1) is 12.5 Å². The SMILES string of the molecule is CC(C)Cc1ccc([C@H](C)C(N)=[NH+]CCc2ccccc2)cc1. The highest BCUT2D eigenvalue weighted by Crippen LogP contribution is 2.16. The molecule has 0 aliphatic carbocycles. The molecule has 0 unspecified atom stereocenters. The van der Waals surface area contributed by atoms with Crippen molar-refractivity contribution in [3.05, 3.63) is 71.3 Å². The zero-order chi connectivity index (χ0) is 16.7. The van der Waals surface area contributed by atoms with Gasteiger partial charge < -0.3 is 0 Å². The van der Waals surface area contributed by atoms with Crippen LogP contribution in [0.1, 0.15) is 43.4 Å². The van der Waals surface area contributed by atoms with Crippen LogP contribution < -0.4 is 10.7 Å². The van der Waals surface area contributed by atoms with Gasteiger partial charge in [-0.1, -0.05) is 68.4 Å². The summed E-state index contributed by atoms with van der Waals surface area (Å²) in [6.07, 6.45) is 2.12. The summed E-state index contributed by atoms with van der Waals surface area (Å²) in [4.78, 5) is 3.37. The molecule has 0 fully saturated rings. The predicted octanol–water partition coefficient (Wildman–Crippen LogP) is 2.67. The first kappa shape index (κ1) is 17.3. The Hall–Kier alpha value is -2.09. The molecule has 2 heteroatoms. The fourth-order valence-electron chi connectivity index (χ4n) is 2.74. The number of amidine groups is 1. The molecule has 2 rings (SSSR count). The van der Waals surface area contributed by atoms with Gasteiger partial charge in [0.25, 0.3) is 0 Å². The van der Waals surface area contributed by atoms with Gasteiger partial charge in [0.2, 0.25) is 5.84 Å². The lowest BCUT2D eigenvalue weighted by Gasteiger charge is -2.10. The number of hydrogen-bond donors (Lipinski definition) is 2. The van der Waals surface area contributed by atoms with Crippen molar-refractivity contribution in [1.29, 1.82) is 0 Å². The molecule has 0 aromatic heterocycles. The van der Waals surface area contributed by atoms with E-state index in [1.807, 2.05) is 6.07 Å². The first-order valence-electron chi connectivity index (χ1n) is 8.55. The van der Waals surface area contributed by atoms with Crippen molar-refractivity contribution in [3.63, 3.8) is 0 Å². The van der Waals surface area contributed by atoms with E-state index in [9.17, 15) is 0 Å². The zero-order valence-corrected chi connectivity index (χ0v) is 14.5. The van der Waals surface area contributed by atoms with Crippen molar-refractivity contribution < 1.29 is 4.99 Å². The standard InChI is InChI=1S/C21H28N2/c1-16(2)15-19-9-11-20(12-10-19)17(3)21(22)23-14-13-18-7-5-4-6-8-18/h4-12,16-17H,13-15H2,1-3H3,(H2,22,23)/p+1/t17-/m0/s1. The van der Waals surface area contributed by atoms with Crippen LogP contribution in [0.15, 0.2) is 54.6 Å². The third-order valence-corrected chi connectivity index (χ3v) is 4.18. The summed E-state index contributed by atoms with van der Waals surface area (Å²) in [5.41, 5.74) is 10.2. The lowest BCUT2D eigenvalue weighted by Crippen LogP contribution is -2.77. The van der Waals surface area contributed by atoms with Gasteiger partial charge in [-0.15, -0.1) is 0 Å². The van der Waals surface area contributed by atoms with Gasteiger partial charge in [-0.25, -0.2) is 0 Å². The van der Waals surface area contributed by atoms with Crippen LogP contribution in [0.3, 0.4) is 0 Å². The van der Waals surface area contributed by atoms with Crippen LogP contribution in [0.25, 0.3) is 0 Å². The second-order valence-corrected chi connectivity index (χ2v) is 6.68. The fourth-order valence-corrected chi connectivity index (χ4v) is 2.74. The summed E-state index contributed by atoms with van der Waals surface area (Å²) in [5, 5.41) is 0. The van der Waals surface area contributed by atoms with Gasteiger partial charge in [-0.2, -0.15) is 0 Å². The minimum Gasteiger partial charge on any atom is -0.291 e. The van der Waals surface area contributed by atoms with Gasteiger partial charge in [0.15, 0.2) is 0 Å². The van der Waals surface area contributed by atoms with Crippen molar-refractivity contribution in [2.75, 3.05) is 6.54 Å². The number of hydrogen-bond acceptors (Lipinski definition) is 0. The van der Waals surface area contributed by atoms with Gasteiger partial charge in [-0.05, 0) is 36.0 Å². The molecule has 0 saturated heterocycles. The molecular formula is C21H29N2+. The molecule has 2 nitrogen and oxygen atoms in total. The summed E-state index contributed by atoms with van der Waals surface area (Å²) in [5.74, 6) is 1.76. The highest BCUT2D eigenvalue weighted by atomic mass is 14.9. The maximum Gasteiger partial charge on any atom is 0.247 e. The van der Waals surface area contributed by atoms with Crippen molar-refractivity contribution in [3.8, 4) is 0 Å². The van der Waals surface area contributed by atoms with Crippen LogP contribution in [-0.2, 0) is 12.8 Å². The zero-order valence-electron chi connectivity index (χ0n) is 14.5. The Balaban J connectivity index is 1.93. The van der Waals surface area contributed by atoms with Crippen LogP contribution >= 0.6 is 0 Å². The largest absolute Gasteiger partial charge is 0.291 e. The minimum atomic E-state index is 0.221. The molecule has 0 saturated carbocycles. The Labute approximate surface area is 140 Å². The third kappa shape index (κ3) is 5.55. The van der Waals surface area contributed by atoms with Crippen molar-refractivity contribution in [2.24, 2.45) is 11.7 Å². The Kier molecular flexibility index (Phi) is 6.40. The average Bonchev–Trinajstić information content (AvgIpc) is 2.55. The second-order valence-electron chi connectivity index (χ2n) is 6.68. The second kappa shape index (κ2) is 8.52. The molecule has 122 valence electrons. The van der Waals surface area contributed by atoms with Crippen molar-refractivity contribution >= 4 is 5.84 Å². The van der Waals surface area contributed by atoms with Crippen LogP contribution in [0, 0.1) is 5.92 Å². The van der Waals surface area contributed by atoms with E-state index >= 15 is 0 Å². The Morgan fingerprint density at radius 3 is 2.17 bits per heavy atom. The summed E-state index contributed by atoms with van der Waals surface area (Å²) in [7, 11) is 0. The van der Waals surface area contributed by atoms with E-state index in [1.165, 1.54) is 16.7 Å². The average molecular weight is 309 g/mol. The summed E-state index contributed by atoms with van der Waals surface area (Å²) in [6, 6.07) is 19.3. The minimum absolute atomic E-state index is 0.221. The van der Waals surface area contributed by atoms with Gasteiger partial charge >= 0.3 is 0 Å². The normalized spacial score (nSPS) is 13.3. The Bertz CT molecular complexity index is 612. The lowest BCUT2D eigenvalue weighted by atomic mass is 9.96. The molecule has 0 heterocycles. The van der Waals surface area contributed by atoms with Gasteiger partial charge in [0, 0.05) is 6.42 Å². The fraction of sp³-hybridized carbons (Fsp3) is 0.381. The third-order valence-electron chi connectivity index (χ3n) is 4.18. The molecule has 0 bridgehead atoms. The van der Waals surface area contributed by atoms with E-state index in [0.717, 1.165) is 25.2 Å². The molecule has 0 amide bonds. The first-order chi connectivity index (χ1) is 11.1. The molecule has 0 aliphatic rings. The summed E-state index contributed by atoms with van der Waals surface area (Å²) >= 11 is 0. The van der Waals surface area contributed by atoms with Crippen LogP contribution in [-0.4, -0.2) is 12.4 Å². The number of nitrogens with one attached hydrogen (secondary N) is 1. The molecule has 0 spiro atoms. The van der Waals surface area contributed by atoms with Gasteiger partial charge in [0.1, 0.15) is 0 Å². The quantitative estimate of drug-likeness (QED) is 0.599. The maximum absolute atomic E-state index is 6.24. The Morgan fingerprint density at radius 2 is 1.57 bits per heavy atom. The van der Waals surface area contributed by atoms with E-state index in [0.29, 0.717) is 5.92 Å². The van der Waals surface area contributed by atoms with E-state index in [-0.39, 0.29) is 5.92 Å². The number of benzene rings is 2. The van der Waals surface area contributed by atoms with Gasteiger partial charge in [-0.3, -0.25) is 10.7 Å². The van der Waals surface area contributed by atoms with E-state index in [4.69, 9.17) is 5.73 Å². The topological polar surface area (TPSA) is 40.0 Å². The number of nitrogens with two attached hydrogens (primary N) is 1. The van der Waals surface area contributed by atoms with Crippen molar-refractivity contribution in [1.82, 2.24) is 0 Å². The molecule has 0 aliphatic heterocycles. The Morgan fingerprint density at radius 1 is 0.913 bits per heavy atom. The highest BCUT2D eigenvalue weighted by molar-refractivity contribution is 5.81. The van der Waals surface area contributed by atoms with Crippen LogP contribution in [0.2, 0.25) is 0 Å². The molecule has 1 atom stereocenters. The van der Waals surface area contributed by atoms with E-state index in [1.54, 1.807) is 0 Å². The number of rotatable bonds is 7. The molecule has 23 heavy (non-hydrogen) atoms. The van der Waals surface area contributed by atoms with Crippen molar-refractivity contribution in [2.45, 2.75) is 39.5 Å². The molecular weight excluding hydrogens is 280 g/mol. The van der Waals surface area contributed by atoms with E-state index < -0.39 is 0 Å². The van der Waals surface area contributed by atoms with Crippen LogP contribution in [0.4, 0.5) is 0 Å². The molecule has 3 N–H and O–H groups in total. The highest BCUT2D eigenvalue weighted by Gasteiger charge is 2.14. The predicted molar refractivity (Wildman–Crippen MR) is 98.6 cm³/mol. The first-order valence-corrected chi connectivity index (χ1v) is 8.55. The van der Waals surface area contributed by atoms with Crippen LogP contribution in [0.5, 0.6) is 0 Å². The molecule has 2 aromatic rings. The maximum atomic E-state index is 6.24. The summed E-state index contributed by atoms with van der Waals surface area (Å²) in [6.45, 7) is 7.52. The summed E-state index contributed by atoms with van der Waals surface area (Å²) < 4.78 is 0. The smallest absolute Gasteiger partial charge is 0.247 e. The lowest BCUT2D eigenvalue weighted by molar-refractivity contribution is -0.459. The molecule has 0 radical (unpaired) electrons. The van der Waals surface area contributed by atoms with E-state index in [2.05, 4.69) is 74.3 Å². The monoisotopic (exact) mass is 309 g/mol. The molecule has 2 aromatic carbocycles.